The first-order valence-electron chi connectivity index (χ1n) is 5.09. The zero-order valence-electron chi connectivity index (χ0n) is 8.96. The van der Waals surface area contributed by atoms with Gasteiger partial charge < -0.3 is 0 Å². The first kappa shape index (κ1) is 12.0. The third-order valence-corrected chi connectivity index (χ3v) is 5.03. The predicted octanol–water partition coefficient (Wildman–Crippen LogP) is 1.43. The van der Waals surface area contributed by atoms with E-state index in [-0.39, 0.29) is 15.8 Å². The Hall–Kier alpha value is -1.05. The van der Waals surface area contributed by atoms with Crippen molar-refractivity contribution in [1.82, 2.24) is 9.55 Å². The Balaban J connectivity index is 2.39. The molecular formula is C10H7ClN2O3S2. The van der Waals surface area contributed by atoms with E-state index < -0.39 is 9.05 Å². The molecule has 8 heteroatoms. The number of nitrogens with zero attached hydrogens (tertiary/aromatic N) is 2. The van der Waals surface area contributed by atoms with E-state index in [2.05, 4.69) is 4.98 Å². The highest BCUT2D eigenvalue weighted by Crippen LogP contribution is 2.25. The summed E-state index contributed by atoms with van der Waals surface area (Å²) in [5.74, 6) is 0.805. The van der Waals surface area contributed by atoms with Crippen LogP contribution in [0.5, 0.6) is 0 Å². The molecule has 5 nitrogen and oxygen atoms in total. The zero-order chi connectivity index (χ0) is 12.9. The average molecular weight is 303 g/mol. The lowest BCUT2D eigenvalue weighted by Crippen LogP contribution is -2.20. The molecule has 0 bridgehead atoms. The molecule has 2 aromatic rings. The molecule has 0 amide bonds. The van der Waals surface area contributed by atoms with E-state index in [0.717, 1.165) is 5.75 Å². The number of fused-ring (bicyclic) bond motifs is 2. The molecule has 0 radical (unpaired) electrons. The van der Waals surface area contributed by atoms with E-state index in [9.17, 15) is 13.2 Å². The van der Waals surface area contributed by atoms with E-state index in [0.29, 0.717) is 17.2 Å². The van der Waals surface area contributed by atoms with Crippen molar-refractivity contribution >= 4 is 42.4 Å². The molecule has 1 aliphatic rings. The molecule has 0 unspecified atom stereocenters. The summed E-state index contributed by atoms with van der Waals surface area (Å²) in [6, 6.07) is 4.14. The van der Waals surface area contributed by atoms with Crippen LogP contribution in [-0.2, 0) is 15.6 Å². The van der Waals surface area contributed by atoms with Gasteiger partial charge in [-0.3, -0.25) is 9.36 Å². The van der Waals surface area contributed by atoms with E-state index >= 15 is 0 Å². The largest absolute Gasteiger partial charge is 0.286 e. The smallest absolute Gasteiger partial charge is 0.262 e. The van der Waals surface area contributed by atoms with Crippen LogP contribution in [0.2, 0.25) is 0 Å². The van der Waals surface area contributed by atoms with Crippen molar-refractivity contribution in [2.75, 3.05) is 5.75 Å². The van der Waals surface area contributed by atoms with Gasteiger partial charge in [-0.15, -0.1) is 0 Å². The van der Waals surface area contributed by atoms with Crippen LogP contribution < -0.4 is 5.56 Å². The van der Waals surface area contributed by atoms with E-state index in [1.165, 1.54) is 30.0 Å². The fraction of sp³-hybridized carbons (Fsp3) is 0.200. The Morgan fingerprint density at radius 3 is 2.89 bits per heavy atom. The summed E-state index contributed by atoms with van der Waals surface area (Å²) in [4.78, 5) is 16.4. The number of hydrogen-bond donors (Lipinski definition) is 0. The fourth-order valence-electron chi connectivity index (χ4n) is 1.87. The Bertz CT molecular complexity index is 814. The maximum atomic E-state index is 12.2. The molecule has 0 N–H and O–H groups in total. The van der Waals surface area contributed by atoms with Crippen LogP contribution in [0.1, 0.15) is 0 Å². The van der Waals surface area contributed by atoms with Crippen molar-refractivity contribution in [1.29, 1.82) is 0 Å². The van der Waals surface area contributed by atoms with Crippen LogP contribution in [0.25, 0.3) is 10.9 Å². The quantitative estimate of drug-likeness (QED) is 0.589. The molecule has 0 atom stereocenters. The molecule has 1 aromatic carbocycles. The van der Waals surface area contributed by atoms with Gasteiger partial charge in [0.05, 0.1) is 15.8 Å². The molecule has 0 aliphatic carbocycles. The third-order valence-electron chi connectivity index (χ3n) is 2.72. The van der Waals surface area contributed by atoms with Crippen molar-refractivity contribution < 1.29 is 8.42 Å². The molecule has 94 valence electrons. The van der Waals surface area contributed by atoms with Crippen molar-refractivity contribution in [2.24, 2.45) is 0 Å². The van der Waals surface area contributed by atoms with Crippen LogP contribution in [0, 0.1) is 0 Å². The summed E-state index contributed by atoms with van der Waals surface area (Å²) in [7, 11) is 1.43. The maximum absolute atomic E-state index is 12.2. The molecule has 0 saturated heterocycles. The van der Waals surface area contributed by atoms with Gasteiger partial charge in [0, 0.05) is 23.0 Å². The van der Waals surface area contributed by atoms with Crippen molar-refractivity contribution in [2.45, 2.75) is 16.6 Å². The number of thioether (sulfide) groups is 1. The van der Waals surface area contributed by atoms with Crippen LogP contribution in [-0.4, -0.2) is 23.7 Å². The van der Waals surface area contributed by atoms with E-state index in [1.54, 1.807) is 4.57 Å². The first-order valence-corrected chi connectivity index (χ1v) is 8.38. The zero-order valence-corrected chi connectivity index (χ0v) is 11.3. The van der Waals surface area contributed by atoms with Crippen LogP contribution in [0.3, 0.4) is 0 Å². The molecule has 3 rings (SSSR count). The van der Waals surface area contributed by atoms with Gasteiger partial charge in [-0.25, -0.2) is 13.4 Å². The van der Waals surface area contributed by atoms with Gasteiger partial charge in [-0.05, 0) is 18.2 Å². The lowest BCUT2D eigenvalue weighted by molar-refractivity contribution is 0.609. The Morgan fingerprint density at radius 2 is 2.17 bits per heavy atom. The lowest BCUT2D eigenvalue weighted by Gasteiger charge is -2.04. The van der Waals surface area contributed by atoms with Crippen molar-refractivity contribution in [3.63, 3.8) is 0 Å². The molecule has 0 saturated carbocycles. The van der Waals surface area contributed by atoms with Gasteiger partial charge in [-0.1, -0.05) is 11.8 Å². The second-order valence-electron chi connectivity index (χ2n) is 3.82. The normalized spacial score (nSPS) is 14.9. The van der Waals surface area contributed by atoms with E-state index in [4.69, 9.17) is 10.7 Å². The molecule has 1 aromatic heterocycles. The molecule has 0 fully saturated rings. The van der Waals surface area contributed by atoms with Gasteiger partial charge >= 0.3 is 0 Å². The highest BCUT2D eigenvalue weighted by molar-refractivity contribution is 8.13. The topological polar surface area (TPSA) is 69.0 Å². The minimum absolute atomic E-state index is 0.0817. The Kier molecular flexibility index (Phi) is 2.65. The fourth-order valence-corrected chi connectivity index (χ4v) is 3.59. The van der Waals surface area contributed by atoms with Crippen LogP contribution in [0.4, 0.5) is 0 Å². The summed E-state index contributed by atoms with van der Waals surface area (Å²) in [5.41, 5.74) is 0.270. The van der Waals surface area contributed by atoms with Gasteiger partial charge in [0.15, 0.2) is 5.16 Å². The SMILES string of the molecule is O=c1c2cc(S(=O)(=O)Cl)ccc2nc2n1CCS2. The number of halogens is 1. The molecule has 1 aliphatic heterocycles. The summed E-state index contributed by atoms with van der Waals surface area (Å²) >= 11 is 1.51. The Labute approximate surface area is 111 Å². The highest BCUT2D eigenvalue weighted by Gasteiger charge is 2.18. The molecule has 2 heterocycles. The summed E-state index contributed by atoms with van der Waals surface area (Å²) < 4.78 is 24.1. The number of hydrogen-bond acceptors (Lipinski definition) is 5. The Morgan fingerprint density at radius 1 is 1.39 bits per heavy atom. The van der Waals surface area contributed by atoms with Gasteiger partial charge in [-0.2, -0.15) is 0 Å². The van der Waals surface area contributed by atoms with Gasteiger partial charge in [0.2, 0.25) is 0 Å². The third kappa shape index (κ3) is 1.82. The van der Waals surface area contributed by atoms with Crippen molar-refractivity contribution in [3.8, 4) is 0 Å². The summed E-state index contributed by atoms with van der Waals surface area (Å²) in [6.07, 6.45) is 0. The predicted molar refractivity (Wildman–Crippen MR) is 69.8 cm³/mol. The highest BCUT2D eigenvalue weighted by atomic mass is 35.7. The molecular weight excluding hydrogens is 296 g/mol. The van der Waals surface area contributed by atoms with Crippen molar-refractivity contribution in [3.05, 3.63) is 28.6 Å². The molecule has 0 spiro atoms. The van der Waals surface area contributed by atoms with E-state index in [1.807, 2.05) is 0 Å². The summed E-state index contributed by atoms with van der Waals surface area (Å²) in [6.45, 7) is 0.597. The monoisotopic (exact) mass is 302 g/mol. The minimum Gasteiger partial charge on any atom is -0.286 e. The van der Waals surface area contributed by atoms with Gasteiger partial charge in [0.1, 0.15) is 0 Å². The standard InChI is InChI=1S/C10H7ClN2O3S2/c11-18(15,16)6-1-2-8-7(5-6)9(14)13-3-4-17-10(13)12-8/h1-2,5H,3-4H2. The van der Waals surface area contributed by atoms with Crippen LogP contribution in [0.15, 0.2) is 33.0 Å². The second kappa shape index (κ2) is 3.97. The first-order chi connectivity index (χ1) is 8.47. The number of aromatic nitrogens is 2. The summed E-state index contributed by atoms with van der Waals surface area (Å²) in [5, 5.41) is 0.956. The second-order valence-corrected chi connectivity index (χ2v) is 7.44. The van der Waals surface area contributed by atoms with Crippen LogP contribution >= 0.6 is 22.4 Å². The molecule has 18 heavy (non-hydrogen) atoms. The van der Waals surface area contributed by atoms with Gasteiger partial charge in [0.25, 0.3) is 14.6 Å². The average Bonchev–Trinajstić information content (AvgIpc) is 2.76. The number of benzene rings is 1. The minimum atomic E-state index is -3.83. The lowest BCUT2D eigenvalue weighted by atomic mass is 10.2. The maximum Gasteiger partial charge on any atom is 0.262 e. The number of rotatable bonds is 1.